The van der Waals surface area contributed by atoms with Gasteiger partial charge in [-0.2, -0.15) is 0 Å². The standard InChI is InChI=1S/C10H14BrNO/c1-10(2,7-11)8-12-5-3-9(13)4-6-12/h3-6H,7-8H2,1-2H3. The van der Waals surface area contributed by atoms with Crippen molar-refractivity contribution in [3.8, 4) is 0 Å². The maximum absolute atomic E-state index is 10.8. The van der Waals surface area contributed by atoms with Crippen LogP contribution in [0, 0.1) is 5.41 Å². The summed E-state index contributed by atoms with van der Waals surface area (Å²) in [6.45, 7) is 5.28. The van der Waals surface area contributed by atoms with Gasteiger partial charge in [0.15, 0.2) is 5.43 Å². The van der Waals surface area contributed by atoms with E-state index in [0.29, 0.717) is 0 Å². The molecular weight excluding hydrogens is 230 g/mol. The van der Waals surface area contributed by atoms with Gasteiger partial charge in [0.25, 0.3) is 0 Å². The van der Waals surface area contributed by atoms with Crippen molar-refractivity contribution in [2.45, 2.75) is 20.4 Å². The van der Waals surface area contributed by atoms with Crippen molar-refractivity contribution in [2.24, 2.45) is 5.41 Å². The first-order chi connectivity index (χ1) is 6.03. The lowest BCUT2D eigenvalue weighted by molar-refractivity contribution is 0.353. The second kappa shape index (κ2) is 4.09. The number of hydrogen-bond acceptors (Lipinski definition) is 1. The number of pyridine rings is 1. The second-order valence-electron chi connectivity index (χ2n) is 4.00. The molecule has 1 heterocycles. The van der Waals surface area contributed by atoms with Crippen molar-refractivity contribution in [2.75, 3.05) is 5.33 Å². The van der Waals surface area contributed by atoms with Crippen LogP contribution in [0.1, 0.15) is 13.8 Å². The second-order valence-corrected chi connectivity index (χ2v) is 4.56. The lowest BCUT2D eigenvalue weighted by Crippen LogP contribution is -2.21. The molecule has 1 aromatic heterocycles. The molecule has 0 aliphatic rings. The molecule has 3 heteroatoms. The maximum atomic E-state index is 10.8. The number of hydrogen-bond donors (Lipinski definition) is 0. The molecule has 0 fully saturated rings. The van der Waals surface area contributed by atoms with E-state index in [2.05, 4.69) is 29.8 Å². The van der Waals surface area contributed by atoms with E-state index >= 15 is 0 Å². The van der Waals surface area contributed by atoms with Gasteiger partial charge in [-0.05, 0) is 5.41 Å². The number of halogens is 1. The Hall–Kier alpha value is -0.570. The van der Waals surface area contributed by atoms with E-state index in [-0.39, 0.29) is 10.8 Å². The third-order valence-electron chi connectivity index (χ3n) is 1.83. The zero-order valence-corrected chi connectivity index (χ0v) is 9.54. The first-order valence-corrected chi connectivity index (χ1v) is 5.38. The third kappa shape index (κ3) is 3.35. The summed E-state index contributed by atoms with van der Waals surface area (Å²) in [5.41, 5.74) is 0.280. The number of alkyl halides is 1. The first kappa shape index (κ1) is 10.5. The largest absolute Gasteiger partial charge is 0.353 e. The molecule has 0 aromatic carbocycles. The maximum Gasteiger partial charge on any atom is 0.181 e. The van der Waals surface area contributed by atoms with Crippen molar-refractivity contribution in [1.82, 2.24) is 4.57 Å². The van der Waals surface area contributed by atoms with Crippen LogP contribution < -0.4 is 5.43 Å². The summed E-state index contributed by atoms with van der Waals surface area (Å²) in [7, 11) is 0. The van der Waals surface area contributed by atoms with Gasteiger partial charge in [0.1, 0.15) is 0 Å². The average Bonchev–Trinajstić information content (AvgIpc) is 2.09. The van der Waals surface area contributed by atoms with Crippen LogP contribution in [0.15, 0.2) is 29.3 Å². The number of aromatic nitrogens is 1. The van der Waals surface area contributed by atoms with Gasteiger partial charge in [-0.3, -0.25) is 4.79 Å². The summed E-state index contributed by atoms with van der Waals surface area (Å²) in [5.74, 6) is 0. The fraction of sp³-hybridized carbons (Fsp3) is 0.500. The minimum absolute atomic E-state index is 0.0629. The molecule has 0 N–H and O–H groups in total. The van der Waals surface area contributed by atoms with E-state index in [1.54, 1.807) is 12.1 Å². The Labute approximate surface area is 86.7 Å². The zero-order chi connectivity index (χ0) is 9.90. The van der Waals surface area contributed by atoms with Crippen LogP contribution in [0.2, 0.25) is 0 Å². The Balaban J connectivity index is 2.75. The highest BCUT2D eigenvalue weighted by Gasteiger charge is 2.15. The lowest BCUT2D eigenvalue weighted by atomic mass is 9.97. The Morgan fingerprint density at radius 3 is 2.38 bits per heavy atom. The molecule has 0 bridgehead atoms. The van der Waals surface area contributed by atoms with Crippen molar-refractivity contribution in [1.29, 1.82) is 0 Å². The minimum Gasteiger partial charge on any atom is -0.353 e. The summed E-state index contributed by atoms with van der Waals surface area (Å²) in [5, 5.41) is 0.951. The topological polar surface area (TPSA) is 22.0 Å². The van der Waals surface area contributed by atoms with Crippen LogP contribution in [0.25, 0.3) is 0 Å². The van der Waals surface area contributed by atoms with Crippen molar-refractivity contribution in [3.05, 3.63) is 34.7 Å². The van der Waals surface area contributed by atoms with Crippen LogP contribution in [0.4, 0.5) is 0 Å². The smallest absolute Gasteiger partial charge is 0.181 e. The van der Waals surface area contributed by atoms with Crippen LogP contribution in [0.5, 0.6) is 0 Å². The van der Waals surface area contributed by atoms with Crippen LogP contribution in [-0.2, 0) is 6.54 Å². The SMILES string of the molecule is CC(C)(CBr)Cn1ccc(=O)cc1. The van der Waals surface area contributed by atoms with Gasteiger partial charge < -0.3 is 4.57 Å². The van der Waals surface area contributed by atoms with Gasteiger partial charge in [-0.15, -0.1) is 0 Å². The number of nitrogens with zero attached hydrogens (tertiary/aromatic N) is 1. The molecule has 1 aromatic rings. The van der Waals surface area contributed by atoms with E-state index in [9.17, 15) is 4.79 Å². The molecule has 0 amide bonds. The van der Waals surface area contributed by atoms with Gasteiger partial charge in [0.05, 0.1) is 0 Å². The molecule has 0 spiro atoms. The molecule has 0 unspecified atom stereocenters. The first-order valence-electron chi connectivity index (χ1n) is 4.26. The average molecular weight is 244 g/mol. The fourth-order valence-corrected chi connectivity index (χ4v) is 1.26. The summed E-state index contributed by atoms with van der Waals surface area (Å²) < 4.78 is 2.03. The van der Waals surface area contributed by atoms with Crippen molar-refractivity contribution < 1.29 is 0 Å². The monoisotopic (exact) mass is 243 g/mol. The van der Waals surface area contributed by atoms with Crippen LogP contribution >= 0.6 is 15.9 Å². The molecule has 0 saturated carbocycles. The Morgan fingerprint density at radius 1 is 1.38 bits per heavy atom. The molecule has 0 aliphatic carbocycles. The van der Waals surface area contributed by atoms with Crippen molar-refractivity contribution in [3.63, 3.8) is 0 Å². The Kier molecular flexibility index (Phi) is 3.31. The predicted molar refractivity (Wildman–Crippen MR) is 58.3 cm³/mol. The molecule has 13 heavy (non-hydrogen) atoms. The molecule has 0 saturated heterocycles. The van der Waals surface area contributed by atoms with E-state index in [1.165, 1.54) is 0 Å². The van der Waals surface area contributed by atoms with E-state index in [1.807, 2.05) is 17.0 Å². The Morgan fingerprint density at radius 2 is 1.92 bits per heavy atom. The molecule has 1 rings (SSSR count). The summed E-state index contributed by atoms with van der Waals surface area (Å²) in [6, 6.07) is 3.18. The van der Waals surface area contributed by atoms with E-state index < -0.39 is 0 Å². The van der Waals surface area contributed by atoms with Crippen LogP contribution in [0.3, 0.4) is 0 Å². The van der Waals surface area contributed by atoms with Gasteiger partial charge in [-0.25, -0.2) is 0 Å². The normalized spacial score (nSPS) is 11.6. The third-order valence-corrected chi connectivity index (χ3v) is 3.35. The zero-order valence-electron chi connectivity index (χ0n) is 7.96. The highest BCUT2D eigenvalue weighted by Crippen LogP contribution is 2.20. The lowest BCUT2D eigenvalue weighted by Gasteiger charge is -2.22. The van der Waals surface area contributed by atoms with Gasteiger partial charge in [0.2, 0.25) is 0 Å². The fourth-order valence-electron chi connectivity index (χ4n) is 1.09. The molecule has 0 radical (unpaired) electrons. The summed E-state index contributed by atoms with van der Waals surface area (Å²) in [6.07, 6.45) is 3.65. The minimum atomic E-state index is 0.0629. The quantitative estimate of drug-likeness (QED) is 0.747. The van der Waals surface area contributed by atoms with Crippen molar-refractivity contribution >= 4 is 15.9 Å². The van der Waals surface area contributed by atoms with Gasteiger partial charge >= 0.3 is 0 Å². The summed E-state index contributed by atoms with van der Waals surface area (Å²) >= 11 is 3.47. The highest BCUT2D eigenvalue weighted by atomic mass is 79.9. The number of rotatable bonds is 3. The molecular formula is C10H14BrNO. The molecule has 2 nitrogen and oxygen atoms in total. The summed E-state index contributed by atoms with van der Waals surface area (Å²) in [4.78, 5) is 10.8. The van der Waals surface area contributed by atoms with E-state index in [0.717, 1.165) is 11.9 Å². The molecule has 0 atom stereocenters. The van der Waals surface area contributed by atoms with Gasteiger partial charge in [-0.1, -0.05) is 29.8 Å². The van der Waals surface area contributed by atoms with Gasteiger partial charge in [0, 0.05) is 36.4 Å². The van der Waals surface area contributed by atoms with Crippen LogP contribution in [-0.4, -0.2) is 9.90 Å². The highest BCUT2D eigenvalue weighted by molar-refractivity contribution is 9.09. The Bertz CT molecular complexity index is 309. The molecule has 72 valence electrons. The van der Waals surface area contributed by atoms with E-state index in [4.69, 9.17) is 0 Å². The molecule has 0 aliphatic heterocycles. The predicted octanol–water partition coefficient (Wildman–Crippen LogP) is 2.27.